The summed E-state index contributed by atoms with van der Waals surface area (Å²) < 4.78 is 0. The van der Waals surface area contributed by atoms with Crippen LogP contribution in [0.1, 0.15) is 44.7 Å². The summed E-state index contributed by atoms with van der Waals surface area (Å²) in [7, 11) is 3.87. The van der Waals surface area contributed by atoms with Gasteiger partial charge in [-0.1, -0.05) is 42.6 Å². The molecule has 0 aliphatic carbocycles. The number of thiophene rings is 1. The molecule has 1 aliphatic heterocycles. The number of unbranched alkanes of at least 4 members (excludes halogenated alkanes) is 1. The summed E-state index contributed by atoms with van der Waals surface area (Å²) in [6, 6.07) is 0. The minimum absolute atomic E-state index is 0.603. The third-order valence-electron chi connectivity index (χ3n) is 3.61. The van der Waals surface area contributed by atoms with E-state index in [0.717, 1.165) is 18.9 Å². The molecular formula is C16H25N2PS. The van der Waals surface area contributed by atoms with Crippen LogP contribution in [0.4, 0.5) is 5.00 Å². The van der Waals surface area contributed by atoms with E-state index in [0.29, 0.717) is 5.92 Å². The lowest BCUT2D eigenvalue weighted by Gasteiger charge is -2.41. The molecule has 0 saturated carbocycles. The predicted octanol–water partition coefficient (Wildman–Crippen LogP) is 4.73. The first-order chi connectivity index (χ1) is 9.47. The third-order valence-corrected chi connectivity index (χ3v) is 5.25. The van der Waals surface area contributed by atoms with Gasteiger partial charge in [-0.2, -0.15) is 0 Å². The van der Waals surface area contributed by atoms with E-state index in [1.807, 2.05) is 11.3 Å². The van der Waals surface area contributed by atoms with Crippen molar-refractivity contribution >= 4 is 30.6 Å². The fourth-order valence-electron chi connectivity index (χ4n) is 2.55. The molecular weight excluding hydrogens is 283 g/mol. The SMILES string of the molecule is C=C1N(CC(C)C)C(=P)c2c(C)csc2N1CCCC. The van der Waals surface area contributed by atoms with Crippen LogP contribution in [0.5, 0.6) is 0 Å². The van der Waals surface area contributed by atoms with Gasteiger partial charge in [-0.15, -0.1) is 11.3 Å². The van der Waals surface area contributed by atoms with Crippen molar-refractivity contribution in [1.82, 2.24) is 4.90 Å². The molecule has 1 aliphatic rings. The van der Waals surface area contributed by atoms with E-state index >= 15 is 0 Å². The molecule has 0 radical (unpaired) electrons. The lowest BCUT2D eigenvalue weighted by Crippen LogP contribution is -2.44. The number of nitrogens with zero attached hydrogens (tertiary/aromatic N) is 2. The van der Waals surface area contributed by atoms with Gasteiger partial charge < -0.3 is 9.80 Å². The lowest BCUT2D eigenvalue weighted by molar-refractivity contribution is 0.420. The van der Waals surface area contributed by atoms with Gasteiger partial charge in [-0.3, -0.25) is 0 Å². The maximum absolute atomic E-state index is 4.35. The molecule has 0 atom stereocenters. The van der Waals surface area contributed by atoms with Crippen molar-refractivity contribution in [2.24, 2.45) is 5.92 Å². The van der Waals surface area contributed by atoms with E-state index in [1.54, 1.807) is 0 Å². The van der Waals surface area contributed by atoms with Crippen LogP contribution >= 0.6 is 20.2 Å². The Kier molecular flexibility index (Phi) is 4.93. The topological polar surface area (TPSA) is 6.48 Å². The lowest BCUT2D eigenvalue weighted by atomic mass is 10.1. The van der Waals surface area contributed by atoms with E-state index in [2.05, 4.69) is 58.3 Å². The highest BCUT2D eigenvalue weighted by Crippen LogP contribution is 2.40. The molecule has 0 saturated heterocycles. The van der Waals surface area contributed by atoms with Gasteiger partial charge in [0.05, 0.1) is 5.42 Å². The Hall–Kier alpha value is -0.790. The molecule has 2 heterocycles. The fourth-order valence-corrected chi connectivity index (χ4v) is 4.29. The van der Waals surface area contributed by atoms with Crippen LogP contribution in [-0.4, -0.2) is 23.4 Å². The van der Waals surface area contributed by atoms with Gasteiger partial charge >= 0.3 is 0 Å². The first-order valence-electron chi connectivity index (χ1n) is 7.38. The Labute approximate surface area is 129 Å². The van der Waals surface area contributed by atoms with Gasteiger partial charge in [0.1, 0.15) is 10.8 Å². The highest BCUT2D eigenvalue weighted by molar-refractivity contribution is 7.23. The van der Waals surface area contributed by atoms with Gasteiger partial charge in [-0.05, 0) is 30.2 Å². The van der Waals surface area contributed by atoms with Crippen LogP contribution in [0, 0.1) is 12.8 Å². The van der Waals surface area contributed by atoms with Gasteiger partial charge in [0.15, 0.2) is 0 Å². The summed E-state index contributed by atoms with van der Waals surface area (Å²) in [4.78, 5) is 4.71. The van der Waals surface area contributed by atoms with Gasteiger partial charge in [-0.25, -0.2) is 0 Å². The summed E-state index contributed by atoms with van der Waals surface area (Å²) in [5, 5.41) is 3.58. The van der Waals surface area contributed by atoms with Crippen molar-refractivity contribution in [3.8, 4) is 0 Å². The molecule has 2 nitrogen and oxygen atoms in total. The molecule has 0 fully saturated rings. The summed E-state index contributed by atoms with van der Waals surface area (Å²) in [5.74, 6) is 1.71. The summed E-state index contributed by atoms with van der Waals surface area (Å²) in [6.07, 6.45) is 2.40. The molecule has 1 aromatic heterocycles. The van der Waals surface area contributed by atoms with Crippen molar-refractivity contribution in [3.63, 3.8) is 0 Å². The van der Waals surface area contributed by atoms with Crippen LogP contribution in [0.25, 0.3) is 0 Å². The van der Waals surface area contributed by atoms with Crippen LogP contribution in [0.2, 0.25) is 0 Å². The van der Waals surface area contributed by atoms with Crippen molar-refractivity contribution < 1.29 is 0 Å². The van der Waals surface area contributed by atoms with Crippen LogP contribution in [0.15, 0.2) is 17.8 Å². The highest BCUT2D eigenvalue weighted by atomic mass is 32.1. The Morgan fingerprint density at radius 3 is 2.65 bits per heavy atom. The van der Waals surface area contributed by atoms with Crippen molar-refractivity contribution in [2.75, 3.05) is 18.0 Å². The molecule has 4 heteroatoms. The van der Waals surface area contributed by atoms with E-state index in [4.69, 9.17) is 0 Å². The second-order valence-electron chi connectivity index (χ2n) is 5.87. The minimum atomic E-state index is 0.603. The van der Waals surface area contributed by atoms with Crippen molar-refractivity contribution in [1.29, 1.82) is 0 Å². The van der Waals surface area contributed by atoms with E-state index < -0.39 is 0 Å². The zero-order valence-electron chi connectivity index (χ0n) is 13.0. The molecule has 110 valence electrons. The molecule has 0 aromatic carbocycles. The summed E-state index contributed by atoms with van der Waals surface area (Å²) in [5.41, 5.74) is 3.86. The third kappa shape index (κ3) is 2.80. The van der Waals surface area contributed by atoms with Gasteiger partial charge in [0, 0.05) is 18.7 Å². The number of fused-ring (bicyclic) bond motifs is 1. The molecule has 0 spiro atoms. The van der Waals surface area contributed by atoms with E-state index in [1.165, 1.54) is 34.4 Å². The summed E-state index contributed by atoms with van der Waals surface area (Å²) >= 11 is 1.83. The monoisotopic (exact) mass is 308 g/mol. The standard InChI is InChI=1S/C16H25N2PS/c1-6-7-8-17-13(5)18(9-11(2)3)15(19)14-12(4)10-20-16(14)17/h10-11,19H,5-9H2,1-4H3. The molecule has 2 rings (SSSR count). The number of anilines is 1. The summed E-state index contributed by atoms with van der Waals surface area (Å²) in [6.45, 7) is 15.3. The van der Waals surface area contributed by atoms with Crippen molar-refractivity contribution in [2.45, 2.75) is 40.5 Å². The van der Waals surface area contributed by atoms with Crippen LogP contribution in [0.3, 0.4) is 0 Å². The molecule has 0 bridgehead atoms. The van der Waals surface area contributed by atoms with Gasteiger partial charge in [0.2, 0.25) is 0 Å². The second-order valence-corrected chi connectivity index (χ2v) is 7.21. The number of aryl methyl sites for hydroxylation is 1. The van der Waals surface area contributed by atoms with E-state index in [9.17, 15) is 0 Å². The molecule has 20 heavy (non-hydrogen) atoms. The largest absolute Gasteiger partial charge is 0.324 e. The van der Waals surface area contributed by atoms with Gasteiger partial charge in [0.25, 0.3) is 0 Å². The smallest absolute Gasteiger partial charge is 0.107 e. The predicted molar refractivity (Wildman–Crippen MR) is 94.4 cm³/mol. The fraction of sp³-hybridized carbons (Fsp3) is 0.562. The number of rotatable bonds is 5. The quantitative estimate of drug-likeness (QED) is 0.726. The average molecular weight is 308 g/mol. The maximum atomic E-state index is 4.35. The minimum Gasteiger partial charge on any atom is -0.324 e. The molecule has 1 aromatic rings. The highest BCUT2D eigenvalue weighted by Gasteiger charge is 2.31. The zero-order valence-corrected chi connectivity index (χ0v) is 14.8. The van der Waals surface area contributed by atoms with E-state index in [-0.39, 0.29) is 0 Å². The Balaban J connectivity index is 2.40. The number of hydrogen-bond donors (Lipinski definition) is 0. The Morgan fingerprint density at radius 2 is 2.05 bits per heavy atom. The first-order valence-corrected chi connectivity index (χ1v) is 8.76. The van der Waals surface area contributed by atoms with Crippen LogP contribution < -0.4 is 4.90 Å². The second kappa shape index (κ2) is 6.32. The maximum Gasteiger partial charge on any atom is 0.107 e. The molecule has 0 amide bonds. The number of hydrogen-bond acceptors (Lipinski definition) is 2. The van der Waals surface area contributed by atoms with Crippen molar-refractivity contribution in [3.05, 3.63) is 28.9 Å². The Morgan fingerprint density at radius 1 is 1.35 bits per heavy atom. The molecule has 0 N–H and O–H groups in total. The average Bonchev–Trinajstić information content (AvgIpc) is 2.76. The normalized spacial score (nSPS) is 15.2. The zero-order chi connectivity index (χ0) is 14.9. The Bertz CT molecular complexity index is 519. The van der Waals surface area contributed by atoms with Crippen LogP contribution in [-0.2, 0) is 0 Å². The molecule has 0 unspecified atom stereocenters. The first kappa shape index (κ1) is 15.6.